The SMILES string of the molecule is C=CC(=O)N1CC[C@H](C(=O)N(C)[C@H](C(=O)N[C@@]2([Si])CC3=CCCN(C3)c3ccc4c(c3)c(c(-c3cccnc3[C@H](C=S)OC)n4CC)CC(C)(C)COC(=O)[C@@H]3CCCN(N3)C2=O)C(C)C)C1. The van der Waals surface area contributed by atoms with Gasteiger partial charge in [-0.1, -0.05) is 58.1 Å². The van der Waals surface area contributed by atoms with Crippen molar-refractivity contribution in [3.63, 3.8) is 0 Å². The van der Waals surface area contributed by atoms with Crippen LogP contribution in [0.1, 0.15) is 84.1 Å². The van der Waals surface area contributed by atoms with Crippen LogP contribution in [0, 0.1) is 17.3 Å². The first-order valence-electron chi connectivity index (χ1n) is 23.4. The van der Waals surface area contributed by atoms with E-state index in [0.29, 0.717) is 58.3 Å². The average Bonchev–Trinajstić information content (AvgIpc) is 3.93. The summed E-state index contributed by atoms with van der Waals surface area (Å²) in [5, 5.41) is 5.47. The maximum atomic E-state index is 15.0. The Morgan fingerprint density at radius 3 is 2.63 bits per heavy atom. The van der Waals surface area contributed by atoms with Gasteiger partial charge in [0, 0.05) is 92.6 Å². The summed E-state index contributed by atoms with van der Waals surface area (Å²) in [5.41, 5.74) is 9.34. The third-order valence-corrected chi connectivity index (χ3v) is 14.4. The fraction of sp³-hybridized carbons (Fsp3) is 0.540. The molecule has 67 heavy (non-hydrogen) atoms. The van der Waals surface area contributed by atoms with E-state index in [1.54, 1.807) is 30.6 Å². The number of methoxy groups -OCH3 is 1. The molecule has 7 rings (SSSR count). The van der Waals surface area contributed by atoms with Gasteiger partial charge in [-0.15, -0.1) is 0 Å². The first-order chi connectivity index (χ1) is 31.9. The number of hydrogen-bond donors (Lipinski definition) is 2. The Kier molecular flexibility index (Phi) is 15.2. The van der Waals surface area contributed by atoms with Gasteiger partial charge in [0.25, 0.3) is 5.91 Å². The summed E-state index contributed by atoms with van der Waals surface area (Å²) in [4.78, 5) is 80.2. The van der Waals surface area contributed by atoms with E-state index in [1.165, 1.54) is 16.0 Å². The highest BCUT2D eigenvalue weighted by Crippen LogP contribution is 2.42. The second-order valence-electron chi connectivity index (χ2n) is 19.5. The molecular weight excluding hydrogens is 885 g/mol. The van der Waals surface area contributed by atoms with Crippen LogP contribution in [0.5, 0.6) is 0 Å². The van der Waals surface area contributed by atoms with Crippen molar-refractivity contribution in [3.05, 3.63) is 72.1 Å². The van der Waals surface area contributed by atoms with E-state index in [1.807, 2.05) is 19.9 Å². The predicted octanol–water partition coefficient (Wildman–Crippen LogP) is 5.06. The number of nitrogens with zero attached hydrogens (tertiary/aromatic N) is 6. The van der Waals surface area contributed by atoms with E-state index >= 15 is 0 Å². The maximum absolute atomic E-state index is 15.0. The van der Waals surface area contributed by atoms with Crippen LogP contribution in [0.25, 0.3) is 22.2 Å². The van der Waals surface area contributed by atoms with Crippen LogP contribution in [0.3, 0.4) is 0 Å². The molecule has 3 aromatic rings. The largest absolute Gasteiger partial charge is 0.464 e. The van der Waals surface area contributed by atoms with Crippen molar-refractivity contribution in [2.24, 2.45) is 17.3 Å². The fourth-order valence-electron chi connectivity index (χ4n) is 10.3. The van der Waals surface area contributed by atoms with E-state index in [9.17, 15) is 24.0 Å². The maximum Gasteiger partial charge on any atom is 0.324 e. The first kappa shape index (κ1) is 49.7. The Balaban J connectivity index is 1.28. The van der Waals surface area contributed by atoms with Crippen molar-refractivity contribution >= 4 is 74.0 Å². The molecule has 0 spiro atoms. The zero-order valence-corrected chi connectivity index (χ0v) is 41.7. The summed E-state index contributed by atoms with van der Waals surface area (Å²) in [6, 6.07) is 8.78. The Labute approximate surface area is 403 Å². The molecule has 4 aliphatic heterocycles. The molecule has 3 radical (unpaired) electrons. The van der Waals surface area contributed by atoms with Crippen molar-refractivity contribution in [1.82, 2.24) is 35.1 Å². The zero-order valence-electron chi connectivity index (χ0n) is 39.9. The second kappa shape index (κ2) is 20.6. The standard InChI is InChI=1S/C50H65N8O7SSi/c1-9-41(59)56-23-19-33(28-56)46(61)54(7)43(31(3)4)45(60)52-50(67)25-32-14-12-21-55(27-32)34-17-18-39-36(24-34)37(44(57(39)10-2)35-15-11-20-51-42(35)40(29-66)64-8)26-49(5,6)30-65-47(62)38-16-13-22-58(53-38)48(50)63/h9,11,14-15,17-18,20,24,29,31,33,38,40,43,53H,1,10,12-13,16,19,21-23,25-28,30H2,2-8H3,(H,52,60)/t33-,38-,40-,43-,50+/m0/s1. The number of esters is 1. The number of anilines is 1. The number of cyclic esters (lactones) is 1. The highest BCUT2D eigenvalue weighted by atomic mass is 32.1. The lowest BCUT2D eigenvalue weighted by Gasteiger charge is -2.42. The van der Waals surface area contributed by atoms with Gasteiger partial charge in [0.2, 0.25) is 17.7 Å². The zero-order chi connectivity index (χ0) is 48.4. The lowest BCUT2D eigenvalue weighted by Crippen LogP contribution is -2.68. The van der Waals surface area contributed by atoms with Gasteiger partial charge in [0.1, 0.15) is 23.3 Å². The number of thiocarbonyl (C=S) groups is 1. The lowest BCUT2D eigenvalue weighted by molar-refractivity contribution is -0.156. The minimum atomic E-state index is -1.68. The second-order valence-corrected chi connectivity index (χ2v) is 20.6. The number of aromatic nitrogens is 2. The molecule has 5 atom stereocenters. The van der Waals surface area contributed by atoms with Crippen LogP contribution in [0.2, 0.25) is 0 Å². The summed E-state index contributed by atoms with van der Waals surface area (Å²) < 4.78 is 14.3. The normalized spacial score (nSPS) is 23.2. The van der Waals surface area contributed by atoms with Gasteiger partial charge in [-0.3, -0.25) is 34.0 Å². The van der Waals surface area contributed by atoms with Crippen LogP contribution in [0.15, 0.2) is 60.8 Å². The number of aryl methyl sites for hydroxylation is 1. The number of ether oxygens (including phenoxy) is 2. The summed E-state index contributed by atoms with van der Waals surface area (Å²) >= 11 is 5.42. The summed E-state index contributed by atoms with van der Waals surface area (Å²) in [5.74, 6) is -2.76. The van der Waals surface area contributed by atoms with Crippen LogP contribution < -0.4 is 15.6 Å². The Hall–Kier alpha value is -5.23. The molecule has 17 heteroatoms. The number of carbonyl (C=O) groups is 5. The lowest BCUT2D eigenvalue weighted by atomic mass is 9.84. The number of hydrazine groups is 1. The fourth-order valence-corrected chi connectivity index (χ4v) is 11.1. The van der Waals surface area contributed by atoms with Crippen molar-refractivity contribution in [1.29, 1.82) is 0 Å². The highest BCUT2D eigenvalue weighted by Gasteiger charge is 2.45. The van der Waals surface area contributed by atoms with Crippen LogP contribution >= 0.6 is 12.2 Å². The molecule has 2 fully saturated rings. The number of pyridine rings is 1. The summed E-state index contributed by atoms with van der Waals surface area (Å²) in [6.45, 7) is 16.6. The van der Waals surface area contributed by atoms with Crippen molar-refractivity contribution < 1.29 is 33.4 Å². The van der Waals surface area contributed by atoms with Crippen molar-refractivity contribution in [2.75, 3.05) is 58.4 Å². The van der Waals surface area contributed by atoms with Crippen LogP contribution in [-0.4, -0.2) is 140 Å². The number of fused-ring (bicyclic) bond motifs is 6. The molecule has 6 heterocycles. The van der Waals surface area contributed by atoms with Gasteiger partial charge in [-0.25, -0.2) is 5.43 Å². The third-order valence-electron chi connectivity index (χ3n) is 13.7. The monoisotopic (exact) mass is 949 g/mol. The molecule has 1 aromatic carbocycles. The average molecular weight is 950 g/mol. The molecule has 0 saturated carbocycles. The number of likely N-dealkylation sites (N-methyl/N-ethyl adjacent to an activating group) is 1. The number of hydrogen-bond acceptors (Lipinski definition) is 11. The summed E-state index contributed by atoms with van der Waals surface area (Å²) in [7, 11) is 7.11. The van der Waals surface area contributed by atoms with Crippen LogP contribution in [-0.2, 0) is 46.4 Å². The third kappa shape index (κ3) is 10.3. The molecule has 2 saturated heterocycles. The van der Waals surface area contributed by atoms with Gasteiger partial charge in [0.05, 0.1) is 34.2 Å². The number of rotatable bonds is 11. The number of benzene rings is 1. The van der Waals surface area contributed by atoms with E-state index in [0.717, 1.165) is 51.2 Å². The quantitative estimate of drug-likeness (QED) is 0.0871. The Bertz CT molecular complexity index is 2450. The number of amides is 4. The molecule has 2 N–H and O–H groups in total. The topological polar surface area (TPSA) is 159 Å². The molecule has 4 aliphatic rings. The summed E-state index contributed by atoms with van der Waals surface area (Å²) in [6.07, 6.45) is 7.41. The van der Waals surface area contributed by atoms with Gasteiger partial charge >= 0.3 is 5.97 Å². The molecule has 357 valence electrons. The van der Waals surface area contributed by atoms with E-state index in [2.05, 4.69) is 88.1 Å². The van der Waals surface area contributed by atoms with Gasteiger partial charge < -0.3 is 34.1 Å². The minimum Gasteiger partial charge on any atom is -0.464 e. The smallest absolute Gasteiger partial charge is 0.324 e. The van der Waals surface area contributed by atoms with E-state index in [4.69, 9.17) is 26.7 Å². The van der Waals surface area contributed by atoms with Crippen molar-refractivity contribution in [2.45, 2.75) is 103 Å². The van der Waals surface area contributed by atoms with Gasteiger partial charge in [-0.05, 0) is 93.3 Å². The molecule has 6 bridgehead atoms. The van der Waals surface area contributed by atoms with Crippen LogP contribution in [0.4, 0.5) is 5.69 Å². The van der Waals surface area contributed by atoms with Gasteiger partial charge in [-0.2, -0.15) is 0 Å². The molecule has 4 amide bonds. The molecule has 0 unspecified atom stereocenters. The van der Waals surface area contributed by atoms with E-state index < -0.39 is 52.5 Å². The highest BCUT2D eigenvalue weighted by molar-refractivity contribution is 7.79. The van der Waals surface area contributed by atoms with E-state index in [-0.39, 0.29) is 37.3 Å². The predicted molar refractivity (Wildman–Crippen MR) is 263 cm³/mol. The molecule has 2 aromatic heterocycles. The molecule has 0 aliphatic carbocycles. The molecule has 15 nitrogen and oxygen atoms in total. The molecular formula is C50H65N8O7SSi. The van der Waals surface area contributed by atoms with Crippen molar-refractivity contribution in [3.8, 4) is 11.3 Å². The Morgan fingerprint density at radius 2 is 1.93 bits per heavy atom. The Morgan fingerprint density at radius 1 is 1.15 bits per heavy atom. The van der Waals surface area contributed by atoms with Gasteiger partial charge in [0.15, 0.2) is 0 Å². The first-order valence-corrected chi connectivity index (χ1v) is 24.4. The number of likely N-dealkylation sites (tertiary alicyclic amines) is 1. The minimum absolute atomic E-state index is 0.102. The number of nitrogens with one attached hydrogen (secondary N) is 2. The number of carbonyl (C=O) groups excluding carboxylic acids is 5.